The molecule has 9 heteroatoms. The summed E-state index contributed by atoms with van der Waals surface area (Å²) in [5.74, 6) is 0.385. The minimum absolute atomic E-state index is 0.0989. The highest BCUT2D eigenvalue weighted by Crippen LogP contribution is 2.25. The third-order valence-electron chi connectivity index (χ3n) is 2.86. The molecule has 0 saturated heterocycles. The van der Waals surface area contributed by atoms with E-state index in [0.29, 0.717) is 17.1 Å². The summed E-state index contributed by atoms with van der Waals surface area (Å²) in [6.07, 6.45) is 3.09. The molecule has 0 saturated carbocycles. The second-order valence-corrected chi connectivity index (χ2v) is 4.61. The van der Waals surface area contributed by atoms with E-state index in [0.717, 1.165) is 0 Å². The lowest BCUT2D eigenvalue weighted by Crippen LogP contribution is -2.02. The summed E-state index contributed by atoms with van der Waals surface area (Å²) in [5, 5.41) is 14.8. The Kier molecular flexibility index (Phi) is 3.91. The number of ether oxygens (including phenoxy) is 1. The lowest BCUT2D eigenvalue weighted by molar-refractivity contribution is -0.386. The number of hydrogen-bond donors (Lipinski definition) is 0. The van der Waals surface area contributed by atoms with Gasteiger partial charge in [-0.1, -0.05) is 11.2 Å². The SMILES string of the molecule is Cc1cnc(OCc2nc(-c3ccccn3)no2)c([N+](=O)[O-])c1. The molecule has 0 spiro atoms. The molecule has 3 heterocycles. The molecule has 0 atom stereocenters. The molecule has 23 heavy (non-hydrogen) atoms. The monoisotopic (exact) mass is 313 g/mol. The van der Waals surface area contributed by atoms with E-state index in [9.17, 15) is 10.1 Å². The van der Waals surface area contributed by atoms with Crippen LogP contribution in [-0.2, 0) is 6.61 Å². The van der Waals surface area contributed by atoms with E-state index < -0.39 is 4.92 Å². The van der Waals surface area contributed by atoms with Gasteiger partial charge in [0.05, 0.1) is 4.92 Å². The Bertz CT molecular complexity index is 834. The van der Waals surface area contributed by atoms with Crippen LogP contribution in [0.3, 0.4) is 0 Å². The molecule has 0 aliphatic carbocycles. The first-order chi connectivity index (χ1) is 11.1. The van der Waals surface area contributed by atoms with Gasteiger partial charge in [-0.25, -0.2) is 4.98 Å². The predicted octanol–water partition coefficient (Wildman–Crippen LogP) is 2.32. The first-order valence-electron chi connectivity index (χ1n) is 6.61. The van der Waals surface area contributed by atoms with E-state index in [2.05, 4.69) is 20.1 Å². The van der Waals surface area contributed by atoms with E-state index in [1.165, 1.54) is 12.3 Å². The second-order valence-electron chi connectivity index (χ2n) is 4.61. The Balaban J connectivity index is 1.75. The fourth-order valence-corrected chi connectivity index (χ4v) is 1.83. The molecule has 3 aromatic heterocycles. The van der Waals surface area contributed by atoms with Crippen molar-refractivity contribution in [1.82, 2.24) is 20.1 Å². The first kappa shape index (κ1) is 14.6. The van der Waals surface area contributed by atoms with Gasteiger partial charge in [-0.3, -0.25) is 15.1 Å². The summed E-state index contributed by atoms with van der Waals surface area (Å²) >= 11 is 0. The van der Waals surface area contributed by atoms with Gasteiger partial charge in [-0.05, 0) is 24.6 Å². The van der Waals surface area contributed by atoms with Crippen molar-refractivity contribution in [3.8, 4) is 17.4 Å². The van der Waals surface area contributed by atoms with Crippen LogP contribution in [0.1, 0.15) is 11.5 Å². The Morgan fingerprint density at radius 3 is 2.96 bits per heavy atom. The lowest BCUT2D eigenvalue weighted by atomic mass is 10.3. The number of hydrogen-bond acceptors (Lipinski definition) is 8. The molecule has 0 N–H and O–H groups in total. The smallest absolute Gasteiger partial charge is 0.331 e. The number of nitrogens with zero attached hydrogens (tertiary/aromatic N) is 5. The van der Waals surface area contributed by atoms with Crippen LogP contribution < -0.4 is 4.74 Å². The molecule has 3 aromatic rings. The quantitative estimate of drug-likeness (QED) is 0.520. The molecule has 0 aromatic carbocycles. The molecule has 0 unspecified atom stereocenters. The average Bonchev–Trinajstić information content (AvgIpc) is 3.03. The molecule has 0 radical (unpaired) electrons. The van der Waals surface area contributed by atoms with Crippen molar-refractivity contribution in [2.45, 2.75) is 13.5 Å². The zero-order valence-corrected chi connectivity index (χ0v) is 12.0. The highest BCUT2D eigenvalue weighted by atomic mass is 16.6. The molecular formula is C14H11N5O4. The van der Waals surface area contributed by atoms with Crippen LogP contribution in [0.2, 0.25) is 0 Å². The Morgan fingerprint density at radius 1 is 1.35 bits per heavy atom. The molecule has 0 aliphatic rings. The van der Waals surface area contributed by atoms with Crippen molar-refractivity contribution in [3.05, 3.63) is 58.2 Å². The third-order valence-corrected chi connectivity index (χ3v) is 2.86. The van der Waals surface area contributed by atoms with Gasteiger partial charge >= 0.3 is 5.69 Å². The predicted molar refractivity (Wildman–Crippen MR) is 77.5 cm³/mol. The highest BCUT2D eigenvalue weighted by Gasteiger charge is 2.18. The minimum atomic E-state index is -0.553. The van der Waals surface area contributed by atoms with E-state index in [1.807, 2.05) is 0 Å². The second kappa shape index (κ2) is 6.18. The molecule has 0 aliphatic heterocycles. The summed E-state index contributed by atoms with van der Waals surface area (Å²) in [4.78, 5) is 22.6. The van der Waals surface area contributed by atoms with Crippen molar-refractivity contribution < 1.29 is 14.2 Å². The molecule has 3 rings (SSSR count). The maximum atomic E-state index is 11.0. The topological polar surface area (TPSA) is 117 Å². The number of aromatic nitrogens is 4. The Hall–Kier alpha value is -3.36. The van der Waals surface area contributed by atoms with Gasteiger partial charge in [0.15, 0.2) is 6.61 Å². The van der Waals surface area contributed by atoms with Gasteiger partial charge in [-0.2, -0.15) is 4.98 Å². The minimum Gasteiger partial charge on any atom is -0.463 e. The maximum absolute atomic E-state index is 11.0. The van der Waals surface area contributed by atoms with Crippen molar-refractivity contribution in [2.75, 3.05) is 0 Å². The summed E-state index contributed by atoms with van der Waals surface area (Å²) in [5.41, 5.74) is 1.01. The highest BCUT2D eigenvalue weighted by molar-refractivity contribution is 5.47. The standard InChI is InChI=1S/C14H11N5O4/c1-9-6-11(19(20)21)14(16-7-9)22-8-12-17-13(18-23-12)10-4-2-3-5-15-10/h2-7H,8H2,1H3. The van der Waals surface area contributed by atoms with Crippen LogP contribution in [0.4, 0.5) is 5.69 Å². The van der Waals surface area contributed by atoms with E-state index in [4.69, 9.17) is 9.26 Å². The van der Waals surface area contributed by atoms with Crippen LogP contribution in [0.25, 0.3) is 11.5 Å². The summed E-state index contributed by atoms with van der Waals surface area (Å²) in [6, 6.07) is 6.70. The van der Waals surface area contributed by atoms with Gasteiger partial charge in [0, 0.05) is 18.5 Å². The first-order valence-corrected chi connectivity index (χ1v) is 6.61. The molecule has 0 bridgehead atoms. The molecule has 0 amide bonds. The lowest BCUT2D eigenvalue weighted by Gasteiger charge is -2.03. The van der Waals surface area contributed by atoms with Gasteiger partial charge in [0.1, 0.15) is 5.69 Å². The van der Waals surface area contributed by atoms with Gasteiger partial charge in [0.2, 0.25) is 5.82 Å². The van der Waals surface area contributed by atoms with E-state index in [1.54, 1.807) is 31.3 Å². The van der Waals surface area contributed by atoms with Gasteiger partial charge in [0.25, 0.3) is 11.8 Å². The summed E-state index contributed by atoms with van der Waals surface area (Å²) < 4.78 is 10.4. The third kappa shape index (κ3) is 3.28. The van der Waals surface area contributed by atoms with Crippen molar-refractivity contribution in [1.29, 1.82) is 0 Å². The van der Waals surface area contributed by atoms with Gasteiger partial charge in [-0.15, -0.1) is 0 Å². The Labute approximate surface area is 130 Å². The molecule has 9 nitrogen and oxygen atoms in total. The van der Waals surface area contributed by atoms with Crippen LogP contribution in [0.5, 0.6) is 5.88 Å². The van der Waals surface area contributed by atoms with Crippen molar-refractivity contribution in [2.24, 2.45) is 0 Å². The maximum Gasteiger partial charge on any atom is 0.331 e. The fraction of sp³-hybridized carbons (Fsp3) is 0.143. The molecular weight excluding hydrogens is 302 g/mol. The number of nitro groups is 1. The van der Waals surface area contributed by atoms with Crippen molar-refractivity contribution >= 4 is 5.69 Å². The van der Waals surface area contributed by atoms with E-state index >= 15 is 0 Å². The average molecular weight is 313 g/mol. The fourth-order valence-electron chi connectivity index (χ4n) is 1.83. The largest absolute Gasteiger partial charge is 0.463 e. The van der Waals surface area contributed by atoms with Crippen LogP contribution in [0, 0.1) is 17.0 Å². The number of rotatable bonds is 5. The van der Waals surface area contributed by atoms with E-state index in [-0.39, 0.29) is 24.1 Å². The molecule has 0 fully saturated rings. The zero-order chi connectivity index (χ0) is 16.2. The van der Waals surface area contributed by atoms with Crippen LogP contribution in [0.15, 0.2) is 41.2 Å². The van der Waals surface area contributed by atoms with Crippen LogP contribution in [-0.4, -0.2) is 25.0 Å². The van der Waals surface area contributed by atoms with Crippen LogP contribution >= 0.6 is 0 Å². The Morgan fingerprint density at radius 2 is 2.22 bits per heavy atom. The van der Waals surface area contributed by atoms with Gasteiger partial charge < -0.3 is 9.26 Å². The molecule has 116 valence electrons. The normalized spacial score (nSPS) is 10.5. The number of aryl methyl sites for hydroxylation is 1. The summed E-state index contributed by atoms with van der Waals surface area (Å²) in [7, 11) is 0. The zero-order valence-electron chi connectivity index (χ0n) is 12.0. The number of pyridine rings is 2. The van der Waals surface area contributed by atoms with Crippen molar-refractivity contribution in [3.63, 3.8) is 0 Å². The summed E-state index contributed by atoms with van der Waals surface area (Å²) in [6.45, 7) is 1.58.